The number of amides is 1. The number of pyridine rings is 1. The molecule has 3 N–H and O–H groups in total. The summed E-state index contributed by atoms with van der Waals surface area (Å²) >= 11 is 0. The Morgan fingerprint density at radius 2 is 2.04 bits per heavy atom. The molecule has 1 amide bonds. The van der Waals surface area contributed by atoms with E-state index in [0.29, 0.717) is 30.4 Å². The average Bonchev–Trinajstić information content (AvgIpc) is 2.64. The van der Waals surface area contributed by atoms with Crippen molar-refractivity contribution in [3.63, 3.8) is 0 Å². The number of nitrogens with zero attached hydrogens (tertiary/aromatic N) is 4. The van der Waals surface area contributed by atoms with Crippen LogP contribution in [-0.4, -0.2) is 50.6 Å². The molecule has 1 saturated heterocycles. The summed E-state index contributed by atoms with van der Waals surface area (Å²) in [6.07, 6.45) is 4.94. The molecule has 136 valence electrons. The molecule has 9 nitrogen and oxygen atoms in total. The van der Waals surface area contributed by atoms with E-state index in [1.165, 1.54) is 12.4 Å². The second kappa shape index (κ2) is 6.95. The number of nitrogens with two attached hydrogens (primary N) is 1. The van der Waals surface area contributed by atoms with Gasteiger partial charge in [0, 0.05) is 32.1 Å². The van der Waals surface area contributed by atoms with Gasteiger partial charge in [0.15, 0.2) is 0 Å². The highest BCUT2D eigenvalue weighted by Crippen LogP contribution is 2.31. The summed E-state index contributed by atoms with van der Waals surface area (Å²) in [5.41, 5.74) is 4.60. The number of carboxylic acids is 1. The van der Waals surface area contributed by atoms with Gasteiger partial charge in [-0.1, -0.05) is 0 Å². The first-order valence-electron chi connectivity index (χ1n) is 8.12. The van der Waals surface area contributed by atoms with Crippen molar-refractivity contribution >= 4 is 17.7 Å². The molecule has 26 heavy (non-hydrogen) atoms. The van der Waals surface area contributed by atoms with Crippen LogP contribution < -0.4 is 15.4 Å². The lowest BCUT2D eigenvalue weighted by Crippen LogP contribution is -2.53. The molecule has 0 radical (unpaired) electrons. The number of aromatic nitrogens is 3. The van der Waals surface area contributed by atoms with Crippen LogP contribution in [0.5, 0.6) is 5.75 Å². The molecular formula is C17H19N5O4. The number of anilines is 1. The standard InChI is InChI=1S/C17H19N5O4/c1-11-13(3-2-6-20-11)26-17(16(24)25)4-7-22(8-5-17)14-10-19-9-12(21-14)15(18)23/h2-3,6,9-10H,4-5,7-8H2,1H3,(H2,18,23)(H,24,25). The van der Waals surface area contributed by atoms with E-state index < -0.39 is 17.5 Å². The van der Waals surface area contributed by atoms with Crippen molar-refractivity contribution in [3.05, 3.63) is 42.1 Å². The summed E-state index contributed by atoms with van der Waals surface area (Å²) in [6.45, 7) is 2.55. The van der Waals surface area contributed by atoms with Gasteiger partial charge in [-0.25, -0.2) is 9.78 Å². The maximum Gasteiger partial charge on any atom is 0.348 e. The SMILES string of the molecule is Cc1ncccc1OC1(C(=O)O)CCN(c2cncc(C(N)=O)n2)CC1. The van der Waals surface area contributed by atoms with E-state index >= 15 is 0 Å². The van der Waals surface area contributed by atoms with Crippen LogP contribution in [0.15, 0.2) is 30.7 Å². The van der Waals surface area contributed by atoms with E-state index in [1.54, 1.807) is 25.3 Å². The quantitative estimate of drug-likeness (QED) is 0.802. The monoisotopic (exact) mass is 357 g/mol. The summed E-state index contributed by atoms with van der Waals surface area (Å²) < 4.78 is 5.88. The average molecular weight is 357 g/mol. The Kier molecular flexibility index (Phi) is 4.70. The van der Waals surface area contributed by atoms with Crippen molar-refractivity contribution in [2.24, 2.45) is 5.73 Å². The summed E-state index contributed by atoms with van der Waals surface area (Å²) in [4.78, 5) is 37.3. The first-order chi connectivity index (χ1) is 12.4. The largest absolute Gasteiger partial charge is 0.478 e. The number of carbonyl (C=O) groups is 2. The van der Waals surface area contributed by atoms with E-state index in [4.69, 9.17) is 10.5 Å². The fraction of sp³-hybridized carbons (Fsp3) is 0.353. The molecule has 9 heteroatoms. The highest BCUT2D eigenvalue weighted by atomic mass is 16.5. The molecule has 0 aliphatic carbocycles. The lowest BCUT2D eigenvalue weighted by atomic mass is 9.91. The minimum Gasteiger partial charge on any atom is -0.478 e. The van der Waals surface area contributed by atoms with Crippen molar-refractivity contribution in [1.29, 1.82) is 0 Å². The van der Waals surface area contributed by atoms with Crippen LogP contribution in [0.1, 0.15) is 29.0 Å². The zero-order chi connectivity index (χ0) is 18.7. The highest BCUT2D eigenvalue weighted by Gasteiger charge is 2.44. The molecule has 0 spiro atoms. The Labute approximate surface area is 149 Å². The van der Waals surface area contributed by atoms with Crippen molar-refractivity contribution in [1.82, 2.24) is 15.0 Å². The number of primary amides is 1. The van der Waals surface area contributed by atoms with Crippen molar-refractivity contribution in [3.8, 4) is 5.75 Å². The number of ether oxygens (including phenoxy) is 1. The van der Waals surface area contributed by atoms with Crippen LogP contribution in [-0.2, 0) is 4.79 Å². The van der Waals surface area contributed by atoms with Crippen LogP contribution in [0, 0.1) is 6.92 Å². The lowest BCUT2D eigenvalue weighted by molar-refractivity contribution is -0.157. The van der Waals surface area contributed by atoms with Gasteiger partial charge in [0.1, 0.15) is 17.3 Å². The van der Waals surface area contributed by atoms with Gasteiger partial charge >= 0.3 is 5.97 Å². The number of aryl methyl sites for hydroxylation is 1. The molecule has 1 fully saturated rings. The van der Waals surface area contributed by atoms with Gasteiger partial charge in [0.25, 0.3) is 5.91 Å². The number of carbonyl (C=O) groups excluding carboxylic acids is 1. The van der Waals surface area contributed by atoms with Gasteiger partial charge in [-0.2, -0.15) is 0 Å². The molecule has 2 aromatic rings. The molecule has 0 aromatic carbocycles. The van der Waals surface area contributed by atoms with Crippen LogP contribution in [0.25, 0.3) is 0 Å². The minimum absolute atomic E-state index is 0.0693. The molecule has 3 heterocycles. The first kappa shape index (κ1) is 17.6. The summed E-state index contributed by atoms with van der Waals surface area (Å²) in [5.74, 6) is -0.735. The third-order valence-electron chi connectivity index (χ3n) is 4.42. The highest BCUT2D eigenvalue weighted by molar-refractivity contribution is 5.90. The molecule has 2 aromatic heterocycles. The van der Waals surface area contributed by atoms with E-state index in [1.807, 2.05) is 4.90 Å². The number of hydrogen-bond donors (Lipinski definition) is 2. The maximum absolute atomic E-state index is 11.9. The molecular weight excluding hydrogens is 338 g/mol. The Morgan fingerprint density at radius 1 is 1.31 bits per heavy atom. The number of carboxylic acid groups (broad SMARTS) is 1. The Morgan fingerprint density at radius 3 is 2.65 bits per heavy atom. The number of rotatable bonds is 5. The summed E-state index contributed by atoms with van der Waals surface area (Å²) in [7, 11) is 0. The zero-order valence-electron chi connectivity index (χ0n) is 14.3. The fourth-order valence-electron chi connectivity index (χ4n) is 2.87. The normalized spacial score (nSPS) is 16.1. The van der Waals surface area contributed by atoms with E-state index in [2.05, 4.69) is 15.0 Å². The van der Waals surface area contributed by atoms with Gasteiger partial charge < -0.3 is 20.5 Å². The Balaban J connectivity index is 1.78. The second-order valence-electron chi connectivity index (χ2n) is 6.10. The topological polar surface area (TPSA) is 132 Å². The molecule has 1 aliphatic heterocycles. The molecule has 1 aliphatic rings. The number of piperidine rings is 1. The molecule has 3 rings (SSSR count). The van der Waals surface area contributed by atoms with Crippen molar-refractivity contribution < 1.29 is 19.4 Å². The van der Waals surface area contributed by atoms with Crippen LogP contribution in [0.3, 0.4) is 0 Å². The molecule has 0 saturated carbocycles. The Bertz CT molecular complexity index is 833. The molecule has 0 unspecified atom stereocenters. The smallest absolute Gasteiger partial charge is 0.348 e. The van der Waals surface area contributed by atoms with Gasteiger partial charge in [-0.05, 0) is 19.1 Å². The number of aliphatic carboxylic acids is 1. The van der Waals surface area contributed by atoms with Crippen molar-refractivity contribution in [2.75, 3.05) is 18.0 Å². The first-order valence-corrected chi connectivity index (χ1v) is 8.12. The van der Waals surface area contributed by atoms with E-state index in [0.717, 1.165) is 0 Å². The lowest BCUT2D eigenvalue weighted by Gasteiger charge is -2.39. The third kappa shape index (κ3) is 3.41. The predicted molar refractivity (Wildman–Crippen MR) is 92.0 cm³/mol. The van der Waals surface area contributed by atoms with Crippen LogP contribution in [0.4, 0.5) is 5.82 Å². The molecule has 0 atom stereocenters. The van der Waals surface area contributed by atoms with Gasteiger partial charge in [-0.15, -0.1) is 0 Å². The Hall–Kier alpha value is -3.23. The summed E-state index contributed by atoms with van der Waals surface area (Å²) in [5, 5.41) is 9.76. The van der Waals surface area contributed by atoms with Gasteiger partial charge in [-0.3, -0.25) is 14.8 Å². The van der Waals surface area contributed by atoms with E-state index in [9.17, 15) is 14.7 Å². The zero-order valence-corrected chi connectivity index (χ0v) is 14.3. The van der Waals surface area contributed by atoms with E-state index in [-0.39, 0.29) is 18.5 Å². The van der Waals surface area contributed by atoms with Crippen LogP contribution >= 0.6 is 0 Å². The number of hydrogen-bond acceptors (Lipinski definition) is 7. The second-order valence-corrected chi connectivity index (χ2v) is 6.10. The minimum atomic E-state index is -1.33. The fourth-order valence-corrected chi connectivity index (χ4v) is 2.87. The van der Waals surface area contributed by atoms with Gasteiger partial charge in [0.2, 0.25) is 5.60 Å². The third-order valence-corrected chi connectivity index (χ3v) is 4.42. The molecule has 0 bridgehead atoms. The predicted octanol–water partition coefficient (Wildman–Crippen LogP) is 0.782. The maximum atomic E-state index is 11.9. The summed E-state index contributed by atoms with van der Waals surface area (Å²) in [6, 6.07) is 3.42. The van der Waals surface area contributed by atoms with Crippen LogP contribution in [0.2, 0.25) is 0 Å². The van der Waals surface area contributed by atoms with Gasteiger partial charge in [0.05, 0.1) is 18.1 Å². The van der Waals surface area contributed by atoms with Crippen molar-refractivity contribution in [2.45, 2.75) is 25.4 Å².